The van der Waals surface area contributed by atoms with E-state index in [1.165, 1.54) is 12.3 Å². The molecule has 3 nitrogen and oxygen atoms in total. The van der Waals surface area contributed by atoms with E-state index in [0.717, 1.165) is 12.0 Å². The fraction of sp³-hybridized carbons (Fsp3) is 0.583. The topological polar surface area (TPSA) is 45.1 Å². The summed E-state index contributed by atoms with van der Waals surface area (Å²) >= 11 is 0. The summed E-state index contributed by atoms with van der Waals surface area (Å²) in [5.74, 6) is -0.320. The Hall–Kier alpha value is -1.00. The third kappa shape index (κ3) is 3.87. The maximum Gasteiger partial charge on any atom is 0.141 e. The quantitative estimate of drug-likeness (QED) is 0.778. The minimum atomic E-state index is -0.320. The highest BCUT2D eigenvalue weighted by Gasteiger charge is 2.20. The number of rotatable bonds is 6. The van der Waals surface area contributed by atoms with Gasteiger partial charge in [-0.25, -0.2) is 4.39 Å². The van der Waals surface area contributed by atoms with Crippen molar-refractivity contribution in [1.29, 1.82) is 0 Å². The van der Waals surface area contributed by atoms with Gasteiger partial charge < -0.3 is 10.4 Å². The van der Waals surface area contributed by atoms with Gasteiger partial charge >= 0.3 is 0 Å². The zero-order valence-electron chi connectivity index (χ0n) is 9.83. The monoisotopic (exact) mass is 226 g/mol. The third-order valence-corrected chi connectivity index (χ3v) is 2.92. The van der Waals surface area contributed by atoms with E-state index in [-0.39, 0.29) is 18.0 Å². The molecule has 1 aromatic heterocycles. The molecule has 0 amide bonds. The minimum Gasteiger partial charge on any atom is -0.396 e. The third-order valence-electron chi connectivity index (χ3n) is 2.92. The van der Waals surface area contributed by atoms with E-state index in [9.17, 15) is 4.39 Å². The largest absolute Gasteiger partial charge is 0.396 e. The molecule has 90 valence electrons. The van der Waals surface area contributed by atoms with Gasteiger partial charge in [-0.05, 0) is 31.4 Å². The molecule has 0 fully saturated rings. The smallest absolute Gasteiger partial charge is 0.141 e. The molecular weight excluding hydrogens is 207 g/mol. The highest BCUT2D eigenvalue weighted by Crippen LogP contribution is 2.14. The van der Waals surface area contributed by atoms with Gasteiger partial charge in [0.15, 0.2) is 0 Å². The predicted molar refractivity (Wildman–Crippen MR) is 61.4 cm³/mol. The molecule has 0 aliphatic carbocycles. The molecule has 0 bridgehead atoms. The van der Waals surface area contributed by atoms with Crippen LogP contribution in [-0.2, 0) is 6.54 Å². The van der Waals surface area contributed by atoms with Crippen molar-refractivity contribution in [3.8, 4) is 0 Å². The molecule has 16 heavy (non-hydrogen) atoms. The summed E-state index contributed by atoms with van der Waals surface area (Å²) in [6.45, 7) is 4.83. The molecule has 2 N–H and O–H groups in total. The average molecular weight is 226 g/mol. The number of aliphatic hydroxyl groups is 1. The number of halogens is 1. The van der Waals surface area contributed by atoms with E-state index in [4.69, 9.17) is 5.11 Å². The van der Waals surface area contributed by atoms with Crippen LogP contribution in [0.5, 0.6) is 0 Å². The van der Waals surface area contributed by atoms with Crippen LogP contribution >= 0.6 is 0 Å². The molecule has 0 radical (unpaired) electrons. The van der Waals surface area contributed by atoms with E-state index >= 15 is 0 Å². The molecule has 1 unspecified atom stereocenters. The fourth-order valence-corrected chi connectivity index (χ4v) is 1.50. The van der Waals surface area contributed by atoms with Crippen molar-refractivity contribution in [2.75, 3.05) is 6.61 Å². The lowest BCUT2D eigenvalue weighted by Crippen LogP contribution is -2.42. The lowest BCUT2D eigenvalue weighted by molar-refractivity contribution is 0.214. The van der Waals surface area contributed by atoms with E-state index < -0.39 is 0 Å². The van der Waals surface area contributed by atoms with Gasteiger partial charge in [0.05, 0.1) is 6.20 Å². The van der Waals surface area contributed by atoms with Crippen LogP contribution in [0.4, 0.5) is 4.39 Å². The molecule has 1 atom stereocenters. The highest BCUT2D eigenvalue weighted by molar-refractivity contribution is 5.10. The van der Waals surface area contributed by atoms with Crippen LogP contribution in [0.3, 0.4) is 0 Å². The van der Waals surface area contributed by atoms with Crippen LogP contribution in [0.25, 0.3) is 0 Å². The van der Waals surface area contributed by atoms with Crippen molar-refractivity contribution in [1.82, 2.24) is 10.3 Å². The number of hydrogen-bond acceptors (Lipinski definition) is 3. The van der Waals surface area contributed by atoms with Crippen LogP contribution in [-0.4, -0.2) is 22.2 Å². The van der Waals surface area contributed by atoms with Gasteiger partial charge in [-0.1, -0.05) is 6.92 Å². The molecular formula is C12H19FN2O. The Morgan fingerprint density at radius 1 is 1.50 bits per heavy atom. The van der Waals surface area contributed by atoms with Gasteiger partial charge in [0.1, 0.15) is 5.82 Å². The second-order valence-electron chi connectivity index (χ2n) is 4.25. The van der Waals surface area contributed by atoms with E-state index in [1.54, 1.807) is 6.20 Å². The van der Waals surface area contributed by atoms with Gasteiger partial charge in [-0.15, -0.1) is 0 Å². The Morgan fingerprint density at radius 2 is 2.25 bits per heavy atom. The van der Waals surface area contributed by atoms with E-state index in [1.807, 2.05) is 0 Å². The Kier molecular flexibility index (Phi) is 4.83. The maximum atomic E-state index is 12.9. The van der Waals surface area contributed by atoms with Crippen molar-refractivity contribution < 1.29 is 9.50 Å². The summed E-state index contributed by atoms with van der Waals surface area (Å²) in [7, 11) is 0. The number of nitrogens with one attached hydrogen (secondary N) is 1. The minimum absolute atomic E-state index is 0.110. The Bertz CT molecular complexity index is 333. The molecule has 0 saturated carbocycles. The lowest BCUT2D eigenvalue weighted by atomic mass is 9.94. The SMILES string of the molecule is CCC(C)(CCO)NCc1cncc(F)c1. The summed E-state index contributed by atoms with van der Waals surface area (Å²) in [5.41, 5.74) is 0.707. The van der Waals surface area contributed by atoms with E-state index in [0.29, 0.717) is 13.0 Å². The first-order valence-corrected chi connectivity index (χ1v) is 5.55. The summed E-state index contributed by atoms with van der Waals surface area (Å²) in [5, 5.41) is 12.3. The van der Waals surface area contributed by atoms with Gasteiger partial charge in [-0.2, -0.15) is 0 Å². The van der Waals surface area contributed by atoms with E-state index in [2.05, 4.69) is 24.1 Å². The first-order valence-electron chi connectivity index (χ1n) is 5.55. The van der Waals surface area contributed by atoms with Gasteiger partial charge in [-0.3, -0.25) is 4.98 Å². The number of aromatic nitrogens is 1. The van der Waals surface area contributed by atoms with Crippen LogP contribution in [0, 0.1) is 5.82 Å². The maximum absolute atomic E-state index is 12.9. The van der Waals surface area contributed by atoms with Gasteiger partial charge in [0.2, 0.25) is 0 Å². The Labute approximate surface area is 95.7 Å². The Balaban J connectivity index is 2.55. The van der Waals surface area contributed by atoms with Crippen molar-refractivity contribution in [2.24, 2.45) is 0 Å². The molecule has 0 saturated heterocycles. The summed E-state index contributed by atoms with van der Waals surface area (Å²) in [6.07, 6.45) is 4.43. The van der Waals surface area contributed by atoms with Crippen LogP contribution in [0.2, 0.25) is 0 Å². The number of pyridine rings is 1. The molecule has 0 aliphatic rings. The molecule has 0 aliphatic heterocycles. The second kappa shape index (κ2) is 5.92. The normalized spacial score (nSPS) is 14.8. The molecule has 1 heterocycles. The van der Waals surface area contributed by atoms with Gasteiger partial charge in [0, 0.05) is 24.9 Å². The summed E-state index contributed by atoms with van der Waals surface area (Å²) in [6, 6.07) is 1.47. The van der Waals surface area contributed by atoms with Crippen LogP contribution in [0.15, 0.2) is 18.5 Å². The Morgan fingerprint density at radius 3 is 2.81 bits per heavy atom. The van der Waals surface area contributed by atoms with Crippen molar-refractivity contribution >= 4 is 0 Å². The zero-order chi connectivity index (χ0) is 12.0. The standard InChI is InChI=1S/C12H19FN2O/c1-3-12(2,4-5-16)15-8-10-6-11(13)9-14-7-10/h6-7,9,15-16H,3-5,8H2,1-2H3. The molecule has 1 aromatic rings. The molecule has 0 aromatic carbocycles. The number of nitrogens with zero attached hydrogens (tertiary/aromatic N) is 1. The predicted octanol–water partition coefficient (Wildman–Crippen LogP) is 1.86. The fourth-order valence-electron chi connectivity index (χ4n) is 1.50. The lowest BCUT2D eigenvalue weighted by Gasteiger charge is -2.29. The summed E-state index contributed by atoms with van der Waals surface area (Å²) in [4.78, 5) is 3.79. The van der Waals surface area contributed by atoms with Crippen LogP contribution in [0.1, 0.15) is 32.3 Å². The first-order chi connectivity index (χ1) is 7.59. The van der Waals surface area contributed by atoms with Crippen molar-refractivity contribution in [3.63, 3.8) is 0 Å². The average Bonchev–Trinajstić information content (AvgIpc) is 2.27. The van der Waals surface area contributed by atoms with Crippen molar-refractivity contribution in [3.05, 3.63) is 29.8 Å². The summed E-state index contributed by atoms with van der Waals surface area (Å²) < 4.78 is 12.9. The molecule has 4 heteroatoms. The number of aliphatic hydroxyl groups excluding tert-OH is 1. The van der Waals surface area contributed by atoms with Crippen molar-refractivity contribution in [2.45, 2.75) is 38.8 Å². The number of hydrogen-bond donors (Lipinski definition) is 2. The molecule has 1 rings (SSSR count). The van der Waals surface area contributed by atoms with Gasteiger partial charge in [0.25, 0.3) is 0 Å². The second-order valence-corrected chi connectivity index (χ2v) is 4.25. The molecule has 0 spiro atoms. The first kappa shape index (κ1) is 13.1. The van der Waals surface area contributed by atoms with Crippen LogP contribution < -0.4 is 5.32 Å². The highest BCUT2D eigenvalue weighted by atomic mass is 19.1. The zero-order valence-corrected chi connectivity index (χ0v) is 9.83.